The predicted molar refractivity (Wildman–Crippen MR) is 93.2 cm³/mol. The first kappa shape index (κ1) is 20.1. The Hall–Kier alpha value is -1.93. The van der Waals surface area contributed by atoms with Gasteiger partial charge in [0.05, 0.1) is 4.90 Å². The van der Waals surface area contributed by atoms with Gasteiger partial charge in [-0.05, 0) is 24.6 Å². The Kier molecular flexibility index (Phi) is 7.37. The Morgan fingerprint density at radius 3 is 2.33 bits per heavy atom. The van der Waals surface area contributed by atoms with Crippen molar-refractivity contribution in [1.29, 1.82) is 0 Å². The van der Waals surface area contributed by atoms with Crippen LogP contribution in [0.5, 0.6) is 0 Å². The molecule has 0 fully saturated rings. The largest absolute Gasteiger partial charge is 0.356 e. The monoisotopic (exact) mass is 355 g/mol. The van der Waals surface area contributed by atoms with Gasteiger partial charge in [-0.2, -0.15) is 4.31 Å². The van der Waals surface area contributed by atoms with Gasteiger partial charge in [0.2, 0.25) is 21.8 Å². The van der Waals surface area contributed by atoms with E-state index in [9.17, 15) is 18.0 Å². The summed E-state index contributed by atoms with van der Waals surface area (Å²) in [5, 5.41) is 5.19. The Bertz CT molecular complexity index is 697. The zero-order chi connectivity index (χ0) is 18.3. The molecule has 0 saturated heterocycles. The standard InChI is InChI=1S/C16H25N3O4S/c1-5-19(6-2)24(22,23)15-11-14(8-7-12(15)3)18-16(21)9-10-17-13(4)20/h7-8,11H,5-6,9-10H2,1-4H3,(H,17,20)(H,18,21). The van der Waals surface area contributed by atoms with Gasteiger partial charge >= 0.3 is 0 Å². The molecular weight excluding hydrogens is 330 g/mol. The van der Waals surface area contributed by atoms with Crippen LogP contribution < -0.4 is 10.6 Å². The van der Waals surface area contributed by atoms with Gasteiger partial charge in [0.1, 0.15) is 0 Å². The molecular formula is C16H25N3O4S. The lowest BCUT2D eigenvalue weighted by molar-refractivity contribution is -0.119. The fourth-order valence-electron chi connectivity index (χ4n) is 2.23. The van der Waals surface area contributed by atoms with Crippen molar-refractivity contribution in [1.82, 2.24) is 9.62 Å². The van der Waals surface area contributed by atoms with Crippen LogP contribution in [-0.4, -0.2) is 44.2 Å². The second kappa shape index (κ2) is 8.79. The minimum atomic E-state index is -3.59. The number of aryl methyl sites for hydroxylation is 1. The van der Waals surface area contributed by atoms with Gasteiger partial charge in [0, 0.05) is 38.7 Å². The third-order valence-corrected chi connectivity index (χ3v) is 5.71. The molecule has 0 aliphatic carbocycles. The number of carbonyl (C=O) groups excluding carboxylic acids is 2. The number of carbonyl (C=O) groups is 2. The molecule has 1 rings (SSSR count). The highest BCUT2D eigenvalue weighted by Crippen LogP contribution is 2.23. The van der Waals surface area contributed by atoms with Crippen LogP contribution in [-0.2, 0) is 19.6 Å². The van der Waals surface area contributed by atoms with Crippen LogP contribution in [0, 0.1) is 6.92 Å². The van der Waals surface area contributed by atoms with Gasteiger partial charge in [-0.1, -0.05) is 19.9 Å². The molecule has 0 aromatic heterocycles. The van der Waals surface area contributed by atoms with E-state index in [0.717, 1.165) is 0 Å². The van der Waals surface area contributed by atoms with E-state index in [4.69, 9.17) is 0 Å². The fourth-order valence-corrected chi connectivity index (χ4v) is 3.94. The fraction of sp³-hybridized carbons (Fsp3) is 0.500. The van der Waals surface area contributed by atoms with Crippen LogP contribution in [0.25, 0.3) is 0 Å². The zero-order valence-electron chi connectivity index (χ0n) is 14.5. The highest BCUT2D eigenvalue weighted by Gasteiger charge is 2.24. The molecule has 0 heterocycles. The van der Waals surface area contributed by atoms with E-state index in [-0.39, 0.29) is 29.7 Å². The van der Waals surface area contributed by atoms with Crippen LogP contribution in [0.3, 0.4) is 0 Å². The molecule has 1 aromatic rings. The van der Waals surface area contributed by atoms with Gasteiger partial charge in [-0.25, -0.2) is 8.42 Å². The van der Waals surface area contributed by atoms with Crippen molar-refractivity contribution in [3.05, 3.63) is 23.8 Å². The maximum Gasteiger partial charge on any atom is 0.243 e. The molecule has 7 nitrogen and oxygen atoms in total. The summed E-state index contributed by atoms with van der Waals surface area (Å²) in [5.74, 6) is -0.496. The first-order valence-electron chi connectivity index (χ1n) is 7.87. The van der Waals surface area contributed by atoms with Gasteiger partial charge in [-0.3, -0.25) is 9.59 Å². The molecule has 24 heavy (non-hydrogen) atoms. The first-order chi connectivity index (χ1) is 11.2. The van der Waals surface area contributed by atoms with Crippen molar-refractivity contribution in [3.63, 3.8) is 0 Å². The Balaban J connectivity index is 2.94. The summed E-state index contributed by atoms with van der Waals surface area (Å²) in [5.41, 5.74) is 1.04. The minimum Gasteiger partial charge on any atom is -0.356 e. The van der Waals surface area contributed by atoms with Crippen molar-refractivity contribution < 1.29 is 18.0 Å². The molecule has 134 valence electrons. The summed E-state index contributed by atoms with van der Waals surface area (Å²) < 4.78 is 26.7. The van der Waals surface area contributed by atoms with Crippen molar-refractivity contribution in [2.75, 3.05) is 25.0 Å². The lowest BCUT2D eigenvalue weighted by atomic mass is 10.2. The number of nitrogens with one attached hydrogen (secondary N) is 2. The molecule has 2 N–H and O–H groups in total. The van der Waals surface area contributed by atoms with Crippen LogP contribution >= 0.6 is 0 Å². The van der Waals surface area contributed by atoms with E-state index in [1.807, 2.05) is 0 Å². The Morgan fingerprint density at radius 2 is 1.79 bits per heavy atom. The number of anilines is 1. The molecule has 0 saturated carbocycles. The van der Waals surface area contributed by atoms with Gasteiger partial charge in [-0.15, -0.1) is 0 Å². The summed E-state index contributed by atoms with van der Waals surface area (Å²) in [6.07, 6.45) is 0.117. The summed E-state index contributed by atoms with van der Waals surface area (Å²) in [6, 6.07) is 4.80. The van der Waals surface area contributed by atoms with Crippen LogP contribution in [0.2, 0.25) is 0 Å². The molecule has 1 aromatic carbocycles. The number of rotatable bonds is 8. The van der Waals surface area contributed by atoms with Crippen molar-refractivity contribution >= 4 is 27.5 Å². The first-order valence-corrected chi connectivity index (χ1v) is 9.31. The number of sulfonamides is 1. The second-order valence-electron chi connectivity index (χ2n) is 5.35. The average molecular weight is 355 g/mol. The van der Waals surface area contributed by atoms with Gasteiger partial charge < -0.3 is 10.6 Å². The lowest BCUT2D eigenvalue weighted by Crippen LogP contribution is -2.31. The van der Waals surface area contributed by atoms with Crippen molar-refractivity contribution in [3.8, 4) is 0 Å². The summed E-state index contributed by atoms with van der Waals surface area (Å²) in [4.78, 5) is 22.8. The van der Waals surface area contributed by atoms with Crippen molar-refractivity contribution in [2.24, 2.45) is 0 Å². The van der Waals surface area contributed by atoms with Crippen molar-refractivity contribution in [2.45, 2.75) is 39.0 Å². The summed E-state index contributed by atoms with van der Waals surface area (Å²) in [6.45, 7) is 7.66. The third kappa shape index (κ3) is 5.31. The van der Waals surface area contributed by atoms with E-state index in [0.29, 0.717) is 24.3 Å². The molecule has 0 spiro atoms. The molecule has 0 unspecified atom stereocenters. The highest BCUT2D eigenvalue weighted by atomic mass is 32.2. The van der Waals surface area contributed by atoms with E-state index >= 15 is 0 Å². The van der Waals surface area contributed by atoms with Gasteiger partial charge in [0.25, 0.3) is 0 Å². The topological polar surface area (TPSA) is 95.6 Å². The van der Waals surface area contributed by atoms with E-state index in [1.165, 1.54) is 17.3 Å². The van der Waals surface area contributed by atoms with Crippen LogP contribution in [0.4, 0.5) is 5.69 Å². The number of hydrogen-bond acceptors (Lipinski definition) is 4. The number of hydrogen-bond donors (Lipinski definition) is 2. The minimum absolute atomic E-state index is 0.117. The molecule has 0 radical (unpaired) electrons. The predicted octanol–water partition coefficient (Wildman–Crippen LogP) is 1.49. The number of amides is 2. The second-order valence-corrected chi connectivity index (χ2v) is 7.26. The Labute approximate surface area is 143 Å². The maximum atomic E-state index is 12.7. The Morgan fingerprint density at radius 1 is 1.17 bits per heavy atom. The third-order valence-electron chi connectivity index (χ3n) is 3.52. The van der Waals surface area contributed by atoms with E-state index in [1.54, 1.807) is 32.9 Å². The SMILES string of the molecule is CCN(CC)S(=O)(=O)c1cc(NC(=O)CCNC(C)=O)ccc1C. The van der Waals surface area contributed by atoms with Crippen LogP contribution in [0.15, 0.2) is 23.1 Å². The summed E-state index contributed by atoms with van der Waals surface area (Å²) >= 11 is 0. The molecule has 0 bridgehead atoms. The zero-order valence-corrected chi connectivity index (χ0v) is 15.4. The number of benzene rings is 1. The van der Waals surface area contributed by atoms with E-state index < -0.39 is 10.0 Å². The lowest BCUT2D eigenvalue weighted by Gasteiger charge is -2.20. The van der Waals surface area contributed by atoms with E-state index in [2.05, 4.69) is 10.6 Å². The molecule has 2 amide bonds. The smallest absolute Gasteiger partial charge is 0.243 e. The summed E-state index contributed by atoms with van der Waals surface area (Å²) in [7, 11) is -3.59. The quantitative estimate of drug-likeness (QED) is 0.738. The molecule has 0 atom stereocenters. The molecule has 0 aliphatic heterocycles. The molecule has 0 aliphatic rings. The highest BCUT2D eigenvalue weighted by molar-refractivity contribution is 7.89. The van der Waals surface area contributed by atoms with Crippen LogP contribution in [0.1, 0.15) is 32.8 Å². The maximum absolute atomic E-state index is 12.7. The van der Waals surface area contributed by atoms with Gasteiger partial charge in [0.15, 0.2) is 0 Å². The number of nitrogens with zero attached hydrogens (tertiary/aromatic N) is 1. The molecule has 8 heteroatoms. The average Bonchev–Trinajstić information content (AvgIpc) is 2.49. The normalized spacial score (nSPS) is 11.4.